The third kappa shape index (κ3) is 4.46. The summed E-state index contributed by atoms with van der Waals surface area (Å²) in [5, 5.41) is 13.5. The molecule has 104 valence electrons. The highest BCUT2D eigenvalue weighted by Gasteiger charge is 2.17. The van der Waals surface area contributed by atoms with Crippen molar-refractivity contribution >= 4 is 11.6 Å². The van der Waals surface area contributed by atoms with Crippen LogP contribution in [0, 0.1) is 10.1 Å². The molecule has 0 radical (unpaired) electrons. The second kappa shape index (κ2) is 6.58. The van der Waals surface area contributed by atoms with Crippen LogP contribution in [0.5, 0.6) is 11.5 Å². The van der Waals surface area contributed by atoms with Crippen LogP contribution in [0.25, 0.3) is 0 Å². The molecule has 1 amide bonds. The van der Waals surface area contributed by atoms with E-state index in [0.29, 0.717) is 5.75 Å². The lowest BCUT2D eigenvalue weighted by atomic mass is 10.3. The van der Waals surface area contributed by atoms with Crippen LogP contribution in [0.15, 0.2) is 18.2 Å². The Morgan fingerprint density at radius 1 is 1.47 bits per heavy atom. The monoisotopic (exact) mass is 268 g/mol. The van der Waals surface area contributed by atoms with Gasteiger partial charge in [0.25, 0.3) is 5.91 Å². The van der Waals surface area contributed by atoms with Crippen molar-refractivity contribution in [1.29, 1.82) is 0 Å². The van der Waals surface area contributed by atoms with Gasteiger partial charge in [-0.2, -0.15) is 0 Å². The average molecular weight is 268 g/mol. The minimum Gasteiger partial charge on any atom is -0.496 e. The number of ether oxygens (including phenoxy) is 2. The summed E-state index contributed by atoms with van der Waals surface area (Å²) in [4.78, 5) is 21.7. The van der Waals surface area contributed by atoms with Gasteiger partial charge in [-0.15, -0.1) is 0 Å². The first-order valence-corrected chi connectivity index (χ1v) is 5.68. The van der Waals surface area contributed by atoms with Gasteiger partial charge in [-0.1, -0.05) is 0 Å². The van der Waals surface area contributed by atoms with E-state index in [2.05, 4.69) is 5.32 Å². The van der Waals surface area contributed by atoms with Crippen LogP contribution in [0.4, 0.5) is 5.69 Å². The van der Waals surface area contributed by atoms with E-state index in [-0.39, 0.29) is 30.0 Å². The summed E-state index contributed by atoms with van der Waals surface area (Å²) in [6.07, 6.45) is 0. The largest absolute Gasteiger partial charge is 0.496 e. The van der Waals surface area contributed by atoms with Crippen molar-refractivity contribution in [3.63, 3.8) is 0 Å². The number of nitro benzene ring substituents is 1. The molecule has 0 saturated heterocycles. The number of nitrogens with one attached hydrogen (secondary N) is 1. The Labute approximate surface area is 110 Å². The van der Waals surface area contributed by atoms with Crippen LogP contribution in [-0.2, 0) is 4.79 Å². The maximum atomic E-state index is 11.4. The van der Waals surface area contributed by atoms with Gasteiger partial charge in [0.05, 0.1) is 18.1 Å². The molecular formula is C12H16N2O5. The van der Waals surface area contributed by atoms with Gasteiger partial charge < -0.3 is 14.8 Å². The summed E-state index contributed by atoms with van der Waals surface area (Å²) in [6.45, 7) is 3.35. The molecule has 1 aromatic carbocycles. The summed E-state index contributed by atoms with van der Waals surface area (Å²) in [7, 11) is 1.41. The Morgan fingerprint density at radius 2 is 2.16 bits per heavy atom. The van der Waals surface area contributed by atoms with E-state index in [1.807, 2.05) is 13.8 Å². The van der Waals surface area contributed by atoms with Crippen molar-refractivity contribution in [3.05, 3.63) is 28.3 Å². The summed E-state index contributed by atoms with van der Waals surface area (Å²) in [6, 6.07) is 4.17. The lowest BCUT2D eigenvalue weighted by Gasteiger charge is -2.10. The summed E-state index contributed by atoms with van der Waals surface area (Å²) < 4.78 is 10.1. The molecule has 19 heavy (non-hydrogen) atoms. The molecule has 0 aliphatic carbocycles. The molecule has 1 rings (SSSR count). The first kappa shape index (κ1) is 14.7. The number of rotatable bonds is 6. The number of nitro groups is 1. The molecule has 0 saturated carbocycles. The number of hydrogen-bond acceptors (Lipinski definition) is 5. The van der Waals surface area contributed by atoms with Crippen LogP contribution in [0.2, 0.25) is 0 Å². The number of nitrogens with zero attached hydrogens (tertiary/aromatic N) is 1. The first-order chi connectivity index (χ1) is 8.93. The zero-order valence-corrected chi connectivity index (χ0v) is 11.0. The molecule has 0 aliphatic heterocycles. The van der Waals surface area contributed by atoms with Gasteiger partial charge in [0.2, 0.25) is 0 Å². The SMILES string of the molecule is COc1ccc(OCC(=O)NC(C)C)c([N+](=O)[O-])c1. The van der Waals surface area contributed by atoms with Crippen molar-refractivity contribution in [3.8, 4) is 11.5 Å². The van der Waals surface area contributed by atoms with E-state index in [9.17, 15) is 14.9 Å². The van der Waals surface area contributed by atoms with E-state index >= 15 is 0 Å². The van der Waals surface area contributed by atoms with Gasteiger partial charge in [-0.3, -0.25) is 14.9 Å². The molecule has 0 heterocycles. The fraction of sp³-hybridized carbons (Fsp3) is 0.417. The van der Waals surface area contributed by atoms with Crippen molar-refractivity contribution in [2.24, 2.45) is 0 Å². The molecule has 1 aromatic rings. The van der Waals surface area contributed by atoms with Gasteiger partial charge in [0, 0.05) is 6.04 Å². The van der Waals surface area contributed by atoms with Gasteiger partial charge >= 0.3 is 5.69 Å². The predicted molar refractivity (Wildman–Crippen MR) is 68.4 cm³/mol. The van der Waals surface area contributed by atoms with Crippen molar-refractivity contribution < 1.29 is 19.2 Å². The predicted octanol–water partition coefficient (Wildman–Crippen LogP) is 1.51. The minimum atomic E-state index is -0.585. The van der Waals surface area contributed by atoms with Gasteiger partial charge in [0.15, 0.2) is 12.4 Å². The molecule has 0 bridgehead atoms. The third-order valence-electron chi connectivity index (χ3n) is 2.17. The lowest BCUT2D eigenvalue weighted by molar-refractivity contribution is -0.385. The van der Waals surface area contributed by atoms with Crippen LogP contribution in [0.1, 0.15) is 13.8 Å². The molecule has 0 spiro atoms. The number of carbonyl (C=O) groups excluding carboxylic acids is 1. The van der Waals surface area contributed by atoms with Crippen molar-refractivity contribution in [2.75, 3.05) is 13.7 Å². The van der Waals surface area contributed by atoms with Gasteiger partial charge in [-0.25, -0.2) is 0 Å². The molecule has 7 nitrogen and oxygen atoms in total. The fourth-order valence-electron chi connectivity index (χ4n) is 1.40. The molecular weight excluding hydrogens is 252 g/mol. The second-order valence-electron chi connectivity index (χ2n) is 4.10. The van der Waals surface area contributed by atoms with Crippen molar-refractivity contribution in [2.45, 2.75) is 19.9 Å². The molecule has 1 N–H and O–H groups in total. The van der Waals surface area contributed by atoms with E-state index in [1.165, 1.54) is 25.3 Å². The summed E-state index contributed by atoms with van der Waals surface area (Å²) >= 11 is 0. The molecule has 0 fully saturated rings. The van der Waals surface area contributed by atoms with Crippen LogP contribution in [0.3, 0.4) is 0 Å². The normalized spacial score (nSPS) is 10.1. The molecule has 0 aromatic heterocycles. The Hall–Kier alpha value is -2.31. The Bertz CT molecular complexity index is 473. The van der Waals surface area contributed by atoms with E-state index in [0.717, 1.165) is 0 Å². The number of carbonyl (C=O) groups is 1. The number of hydrogen-bond donors (Lipinski definition) is 1. The zero-order valence-electron chi connectivity index (χ0n) is 11.0. The quantitative estimate of drug-likeness (QED) is 0.623. The highest BCUT2D eigenvalue weighted by atomic mass is 16.6. The summed E-state index contributed by atoms with van der Waals surface area (Å²) in [5.74, 6) is 0.0514. The topological polar surface area (TPSA) is 90.7 Å². The van der Waals surface area contributed by atoms with E-state index in [4.69, 9.17) is 9.47 Å². The number of amides is 1. The molecule has 7 heteroatoms. The molecule has 0 atom stereocenters. The summed E-state index contributed by atoms with van der Waals surface area (Å²) in [5.41, 5.74) is -0.239. The minimum absolute atomic E-state index is 0.0121. The molecule has 0 unspecified atom stereocenters. The van der Waals surface area contributed by atoms with Gasteiger partial charge in [-0.05, 0) is 26.0 Å². The zero-order chi connectivity index (χ0) is 14.4. The fourth-order valence-corrected chi connectivity index (χ4v) is 1.40. The Balaban J connectivity index is 2.77. The molecule has 0 aliphatic rings. The lowest BCUT2D eigenvalue weighted by Crippen LogP contribution is -2.34. The smallest absolute Gasteiger partial charge is 0.314 e. The average Bonchev–Trinajstić information content (AvgIpc) is 2.35. The van der Waals surface area contributed by atoms with E-state index in [1.54, 1.807) is 0 Å². The maximum absolute atomic E-state index is 11.4. The highest BCUT2D eigenvalue weighted by Crippen LogP contribution is 2.30. The Morgan fingerprint density at radius 3 is 2.68 bits per heavy atom. The number of benzene rings is 1. The van der Waals surface area contributed by atoms with Gasteiger partial charge in [0.1, 0.15) is 5.75 Å². The first-order valence-electron chi connectivity index (χ1n) is 5.68. The van der Waals surface area contributed by atoms with Crippen LogP contribution < -0.4 is 14.8 Å². The van der Waals surface area contributed by atoms with E-state index < -0.39 is 4.92 Å². The third-order valence-corrected chi connectivity index (χ3v) is 2.17. The highest BCUT2D eigenvalue weighted by molar-refractivity contribution is 5.77. The Kier molecular flexibility index (Phi) is 5.11. The van der Waals surface area contributed by atoms with Crippen LogP contribution in [-0.4, -0.2) is 30.6 Å². The second-order valence-corrected chi connectivity index (χ2v) is 4.10. The number of methoxy groups -OCH3 is 1. The van der Waals surface area contributed by atoms with Crippen LogP contribution >= 0.6 is 0 Å². The van der Waals surface area contributed by atoms with Crippen molar-refractivity contribution in [1.82, 2.24) is 5.32 Å². The maximum Gasteiger partial charge on any atom is 0.314 e. The standard InChI is InChI=1S/C12H16N2O5/c1-8(2)13-12(15)7-19-11-5-4-9(18-3)6-10(11)14(16)17/h4-6,8H,7H2,1-3H3,(H,13,15).